The van der Waals surface area contributed by atoms with E-state index in [9.17, 15) is 13.2 Å². The number of hydrogen-bond acceptors (Lipinski definition) is 3. The Kier molecular flexibility index (Phi) is 3.87. The molecule has 0 radical (unpaired) electrons. The van der Waals surface area contributed by atoms with Crippen LogP contribution < -0.4 is 10.0 Å². The van der Waals surface area contributed by atoms with Gasteiger partial charge in [-0.15, -0.1) is 0 Å². The highest BCUT2D eigenvalue weighted by Crippen LogP contribution is 2.38. The summed E-state index contributed by atoms with van der Waals surface area (Å²) in [6.07, 6.45) is 0. The van der Waals surface area contributed by atoms with Crippen molar-refractivity contribution in [1.29, 1.82) is 0 Å². The molecule has 3 rings (SSSR count). The van der Waals surface area contributed by atoms with Crippen LogP contribution in [0.3, 0.4) is 0 Å². The number of rotatable bonds is 4. The Bertz CT molecular complexity index is 900. The van der Waals surface area contributed by atoms with E-state index in [2.05, 4.69) is 10.0 Å². The van der Waals surface area contributed by atoms with Gasteiger partial charge in [0, 0.05) is 11.4 Å². The van der Waals surface area contributed by atoms with Gasteiger partial charge >= 0.3 is 0 Å². The molecule has 2 aromatic rings. The summed E-state index contributed by atoms with van der Waals surface area (Å²) in [7, 11) is -3.52. The van der Waals surface area contributed by atoms with E-state index < -0.39 is 15.4 Å². The SMILES string of the molecule is Cc1ccc(CS(=O)(=O)Nc2ccc3c(c2)C(C)(C)C(=O)N3)cc1. The molecule has 0 aromatic heterocycles. The fourth-order valence-electron chi connectivity index (χ4n) is 2.75. The van der Waals surface area contributed by atoms with Crippen molar-refractivity contribution in [3.8, 4) is 0 Å². The lowest BCUT2D eigenvalue weighted by Gasteiger charge is -2.16. The third-order valence-electron chi connectivity index (χ3n) is 4.26. The number of hydrogen-bond donors (Lipinski definition) is 2. The highest BCUT2D eigenvalue weighted by atomic mass is 32.2. The molecule has 2 aromatic carbocycles. The van der Waals surface area contributed by atoms with Crippen LogP contribution in [0.1, 0.15) is 30.5 Å². The van der Waals surface area contributed by atoms with Gasteiger partial charge in [0.05, 0.1) is 11.2 Å². The number of carbonyl (C=O) groups is 1. The average Bonchev–Trinajstić information content (AvgIpc) is 2.71. The first-order chi connectivity index (χ1) is 11.2. The van der Waals surface area contributed by atoms with Crippen LogP contribution in [0, 0.1) is 6.92 Å². The van der Waals surface area contributed by atoms with Crippen LogP contribution in [0.2, 0.25) is 0 Å². The molecule has 1 aliphatic rings. The van der Waals surface area contributed by atoms with E-state index in [1.807, 2.05) is 45.0 Å². The molecule has 24 heavy (non-hydrogen) atoms. The topological polar surface area (TPSA) is 75.3 Å². The Hall–Kier alpha value is -2.34. The molecular weight excluding hydrogens is 324 g/mol. The van der Waals surface area contributed by atoms with Crippen molar-refractivity contribution in [2.75, 3.05) is 10.0 Å². The molecule has 0 spiro atoms. The molecule has 0 aliphatic carbocycles. The standard InChI is InChI=1S/C18H20N2O3S/c1-12-4-6-13(7-5-12)11-24(22,23)20-14-8-9-16-15(10-14)18(2,3)17(21)19-16/h4-10,20H,11H2,1-3H3,(H,19,21). The first kappa shape index (κ1) is 16.5. The second-order valence-corrected chi connectivity index (χ2v) is 8.41. The normalized spacial score (nSPS) is 15.7. The third-order valence-corrected chi connectivity index (χ3v) is 5.52. The maximum Gasteiger partial charge on any atom is 0.236 e. The summed E-state index contributed by atoms with van der Waals surface area (Å²) in [5.74, 6) is -0.178. The summed E-state index contributed by atoms with van der Waals surface area (Å²) in [5, 5.41) is 2.81. The number of sulfonamides is 1. The highest BCUT2D eigenvalue weighted by Gasteiger charge is 2.38. The zero-order chi connectivity index (χ0) is 17.5. The van der Waals surface area contributed by atoms with E-state index in [-0.39, 0.29) is 11.7 Å². The molecule has 1 aliphatic heterocycles. The molecular formula is C18H20N2O3S. The van der Waals surface area contributed by atoms with E-state index in [1.54, 1.807) is 18.2 Å². The lowest BCUT2D eigenvalue weighted by Crippen LogP contribution is -2.27. The number of benzene rings is 2. The van der Waals surface area contributed by atoms with Gasteiger partial charge in [-0.2, -0.15) is 0 Å². The monoisotopic (exact) mass is 344 g/mol. The van der Waals surface area contributed by atoms with Crippen molar-refractivity contribution in [2.45, 2.75) is 31.9 Å². The summed E-state index contributed by atoms with van der Waals surface area (Å²) < 4.78 is 27.4. The summed E-state index contributed by atoms with van der Waals surface area (Å²) >= 11 is 0. The molecule has 0 atom stereocenters. The van der Waals surface area contributed by atoms with Gasteiger partial charge < -0.3 is 5.32 Å². The van der Waals surface area contributed by atoms with Crippen LogP contribution in [-0.4, -0.2) is 14.3 Å². The van der Waals surface area contributed by atoms with E-state index in [0.717, 1.165) is 22.4 Å². The molecule has 0 bridgehead atoms. The second-order valence-electron chi connectivity index (χ2n) is 6.69. The van der Waals surface area contributed by atoms with Crippen molar-refractivity contribution >= 4 is 27.3 Å². The van der Waals surface area contributed by atoms with Crippen molar-refractivity contribution in [2.24, 2.45) is 0 Å². The maximum atomic E-state index is 12.4. The molecule has 0 saturated carbocycles. The van der Waals surface area contributed by atoms with Crippen LogP contribution in [0.4, 0.5) is 11.4 Å². The van der Waals surface area contributed by atoms with Gasteiger partial charge in [-0.25, -0.2) is 8.42 Å². The van der Waals surface area contributed by atoms with Gasteiger partial charge in [-0.05, 0) is 50.1 Å². The number of anilines is 2. The molecule has 0 fully saturated rings. The largest absolute Gasteiger partial charge is 0.325 e. The van der Waals surface area contributed by atoms with Crippen molar-refractivity contribution in [3.63, 3.8) is 0 Å². The fourth-order valence-corrected chi connectivity index (χ4v) is 3.94. The molecule has 2 N–H and O–H groups in total. The van der Waals surface area contributed by atoms with Gasteiger partial charge in [0.1, 0.15) is 0 Å². The Labute approximate surface area is 142 Å². The number of carbonyl (C=O) groups excluding carboxylic acids is 1. The predicted molar refractivity (Wildman–Crippen MR) is 95.5 cm³/mol. The fraction of sp³-hybridized carbons (Fsp3) is 0.278. The highest BCUT2D eigenvalue weighted by molar-refractivity contribution is 7.91. The van der Waals surface area contributed by atoms with Crippen molar-refractivity contribution in [3.05, 3.63) is 59.2 Å². The van der Waals surface area contributed by atoms with E-state index in [1.165, 1.54) is 0 Å². The number of nitrogens with one attached hydrogen (secondary N) is 2. The Morgan fingerprint density at radius 1 is 1.08 bits per heavy atom. The van der Waals surface area contributed by atoms with Crippen LogP contribution in [0.5, 0.6) is 0 Å². The second kappa shape index (κ2) is 5.63. The van der Waals surface area contributed by atoms with Gasteiger partial charge in [0.15, 0.2) is 0 Å². The summed E-state index contributed by atoms with van der Waals surface area (Å²) in [6.45, 7) is 5.59. The molecule has 1 amide bonds. The number of amides is 1. The zero-order valence-corrected chi connectivity index (χ0v) is 14.7. The Balaban J connectivity index is 1.82. The van der Waals surface area contributed by atoms with Crippen LogP contribution >= 0.6 is 0 Å². The minimum atomic E-state index is -3.52. The Morgan fingerprint density at radius 2 is 1.75 bits per heavy atom. The van der Waals surface area contributed by atoms with Gasteiger partial charge in [-0.3, -0.25) is 9.52 Å². The lowest BCUT2D eigenvalue weighted by atomic mass is 9.86. The van der Waals surface area contributed by atoms with Gasteiger partial charge in [0.25, 0.3) is 0 Å². The Morgan fingerprint density at radius 3 is 2.42 bits per heavy atom. The van der Waals surface area contributed by atoms with Crippen molar-refractivity contribution in [1.82, 2.24) is 0 Å². The van der Waals surface area contributed by atoms with Gasteiger partial charge in [0.2, 0.25) is 15.9 Å². The summed E-state index contributed by atoms with van der Waals surface area (Å²) in [5.41, 5.74) is 3.13. The average molecular weight is 344 g/mol. The molecule has 0 unspecified atom stereocenters. The van der Waals surface area contributed by atoms with Crippen LogP contribution in [0.25, 0.3) is 0 Å². The van der Waals surface area contributed by atoms with E-state index in [0.29, 0.717) is 5.69 Å². The summed E-state index contributed by atoms with van der Waals surface area (Å²) in [4.78, 5) is 12.0. The molecule has 126 valence electrons. The maximum absolute atomic E-state index is 12.4. The lowest BCUT2D eigenvalue weighted by molar-refractivity contribution is -0.119. The predicted octanol–water partition coefficient (Wildman–Crippen LogP) is 3.17. The molecule has 0 saturated heterocycles. The molecule has 5 nitrogen and oxygen atoms in total. The zero-order valence-electron chi connectivity index (χ0n) is 13.9. The van der Waals surface area contributed by atoms with Crippen LogP contribution in [-0.2, 0) is 26.0 Å². The summed E-state index contributed by atoms with van der Waals surface area (Å²) in [6, 6.07) is 12.5. The minimum Gasteiger partial charge on any atom is -0.325 e. The first-order valence-electron chi connectivity index (χ1n) is 7.69. The first-order valence-corrected chi connectivity index (χ1v) is 9.35. The number of fused-ring (bicyclic) bond motifs is 1. The number of aryl methyl sites for hydroxylation is 1. The molecule has 6 heteroatoms. The minimum absolute atomic E-state index is 0.0860. The van der Waals surface area contributed by atoms with Gasteiger partial charge in [-0.1, -0.05) is 29.8 Å². The van der Waals surface area contributed by atoms with E-state index >= 15 is 0 Å². The molecule has 1 heterocycles. The smallest absolute Gasteiger partial charge is 0.236 e. The van der Waals surface area contributed by atoms with E-state index in [4.69, 9.17) is 0 Å². The van der Waals surface area contributed by atoms with Crippen molar-refractivity contribution < 1.29 is 13.2 Å². The van der Waals surface area contributed by atoms with Crippen LogP contribution in [0.15, 0.2) is 42.5 Å². The quantitative estimate of drug-likeness (QED) is 0.894. The third kappa shape index (κ3) is 3.14.